The van der Waals surface area contributed by atoms with E-state index in [4.69, 9.17) is 0 Å². The van der Waals surface area contributed by atoms with Crippen molar-refractivity contribution in [1.29, 1.82) is 0 Å². The van der Waals surface area contributed by atoms with Gasteiger partial charge in [-0.2, -0.15) is 0 Å². The monoisotopic (exact) mass is 279 g/mol. The summed E-state index contributed by atoms with van der Waals surface area (Å²) in [5, 5.41) is 6.81. The Balaban J connectivity index is 1.47. The smallest absolute Gasteiger partial charge is 0.237 e. The molecule has 20 heavy (non-hydrogen) atoms. The molecule has 3 aliphatic rings. The van der Waals surface area contributed by atoms with Crippen LogP contribution in [0.1, 0.15) is 58.3 Å². The van der Waals surface area contributed by atoms with Crippen molar-refractivity contribution >= 4 is 5.91 Å². The Kier molecular flexibility index (Phi) is 4.61. The van der Waals surface area contributed by atoms with Crippen LogP contribution in [0.2, 0.25) is 0 Å². The number of piperidine rings is 1. The van der Waals surface area contributed by atoms with Crippen LogP contribution in [-0.4, -0.2) is 48.1 Å². The summed E-state index contributed by atoms with van der Waals surface area (Å²) in [5.74, 6) is 0.200. The Morgan fingerprint density at radius 3 is 2.60 bits per heavy atom. The van der Waals surface area contributed by atoms with Crippen LogP contribution in [0.15, 0.2) is 0 Å². The summed E-state index contributed by atoms with van der Waals surface area (Å²) in [6, 6.07) is 1.56. The average molecular weight is 279 g/mol. The van der Waals surface area contributed by atoms with Crippen molar-refractivity contribution < 1.29 is 4.79 Å². The van der Waals surface area contributed by atoms with Gasteiger partial charge in [0.2, 0.25) is 5.91 Å². The molecule has 2 aliphatic heterocycles. The molecule has 4 heteroatoms. The first kappa shape index (κ1) is 14.3. The Labute approximate surface area is 122 Å². The molecule has 2 N–H and O–H groups in total. The van der Waals surface area contributed by atoms with Crippen LogP contribution < -0.4 is 10.6 Å². The number of carbonyl (C=O) groups excluding carboxylic acids is 1. The van der Waals surface area contributed by atoms with Gasteiger partial charge in [-0.1, -0.05) is 19.3 Å². The first-order chi connectivity index (χ1) is 9.74. The van der Waals surface area contributed by atoms with Gasteiger partial charge in [-0.15, -0.1) is 0 Å². The lowest BCUT2D eigenvalue weighted by Gasteiger charge is -2.33. The molecule has 0 bridgehead atoms. The maximum Gasteiger partial charge on any atom is 0.237 e. The van der Waals surface area contributed by atoms with Gasteiger partial charge in [0, 0.05) is 24.7 Å². The molecule has 2 saturated heterocycles. The fourth-order valence-electron chi connectivity index (χ4n) is 4.23. The molecule has 1 saturated carbocycles. The molecule has 4 nitrogen and oxygen atoms in total. The normalized spacial score (nSPS) is 33.0. The second-order valence-electron chi connectivity index (χ2n) is 6.87. The van der Waals surface area contributed by atoms with Crippen molar-refractivity contribution in [3.05, 3.63) is 0 Å². The summed E-state index contributed by atoms with van der Waals surface area (Å²) in [6.45, 7) is 4.49. The number of amides is 1. The van der Waals surface area contributed by atoms with Crippen LogP contribution in [0.3, 0.4) is 0 Å². The second kappa shape index (κ2) is 6.44. The van der Waals surface area contributed by atoms with Crippen LogP contribution in [0.5, 0.6) is 0 Å². The molecular weight excluding hydrogens is 250 g/mol. The SMILES string of the molecule is CC(NC1CCN2CCCCC12)C(=O)NC1CCCC1. The van der Waals surface area contributed by atoms with Crippen molar-refractivity contribution in [3.63, 3.8) is 0 Å². The second-order valence-corrected chi connectivity index (χ2v) is 6.87. The maximum absolute atomic E-state index is 12.3. The molecule has 2 heterocycles. The molecule has 3 rings (SSSR count). The van der Waals surface area contributed by atoms with Crippen LogP contribution in [-0.2, 0) is 4.79 Å². The van der Waals surface area contributed by atoms with E-state index in [0.717, 1.165) is 12.8 Å². The van der Waals surface area contributed by atoms with E-state index in [1.54, 1.807) is 0 Å². The van der Waals surface area contributed by atoms with Crippen molar-refractivity contribution in [3.8, 4) is 0 Å². The zero-order chi connectivity index (χ0) is 13.9. The molecule has 0 radical (unpaired) electrons. The fourth-order valence-corrected chi connectivity index (χ4v) is 4.23. The van der Waals surface area contributed by atoms with Gasteiger partial charge < -0.3 is 10.6 Å². The minimum Gasteiger partial charge on any atom is -0.352 e. The zero-order valence-electron chi connectivity index (χ0n) is 12.7. The summed E-state index contributed by atoms with van der Waals surface area (Å²) < 4.78 is 0. The quantitative estimate of drug-likeness (QED) is 0.822. The molecule has 0 aromatic carbocycles. The van der Waals surface area contributed by atoms with E-state index in [1.807, 2.05) is 6.92 Å². The van der Waals surface area contributed by atoms with Crippen LogP contribution in [0, 0.1) is 0 Å². The Morgan fingerprint density at radius 1 is 1.05 bits per heavy atom. The highest BCUT2D eigenvalue weighted by atomic mass is 16.2. The predicted octanol–water partition coefficient (Wildman–Crippen LogP) is 1.65. The Hall–Kier alpha value is -0.610. The highest BCUT2D eigenvalue weighted by Gasteiger charge is 2.36. The third-order valence-electron chi connectivity index (χ3n) is 5.41. The molecule has 3 fully saturated rings. The molecule has 0 aromatic rings. The van der Waals surface area contributed by atoms with Gasteiger partial charge in [0.15, 0.2) is 0 Å². The van der Waals surface area contributed by atoms with Gasteiger partial charge in [-0.3, -0.25) is 9.69 Å². The van der Waals surface area contributed by atoms with E-state index in [2.05, 4.69) is 15.5 Å². The van der Waals surface area contributed by atoms with E-state index < -0.39 is 0 Å². The summed E-state index contributed by atoms with van der Waals surface area (Å²) in [5.41, 5.74) is 0. The summed E-state index contributed by atoms with van der Waals surface area (Å²) >= 11 is 0. The minimum atomic E-state index is -0.0533. The van der Waals surface area contributed by atoms with E-state index >= 15 is 0 Å². The predicted molar refractivity (Wildman–Crippen MR) is 80.6 cm³/mol. The third-order valence-corrected chi connectivity index (χ3v) is 5.41. The van der Waals surface area contributed by atoms with Gasteiger partial charge >= 0.3 is 0 Å². The molecule has 0 aromatic heterocycles. The molecule has 0 spiro atoms. The van der Waals surface area contributed by atoms with E-state index in [-0.39, 0.29) is 11.9 Å². The van der Waals surface area contributed by atoms with Crippen molar-refractivity contribution in [2.45, 2.75) is 82.5 Å². The first-order valence-electron chi connectivity index (χ1n) is 8.54. The highest BCUT2D eigenvalue weighted by molar-refractivity contribution is 5.81. The topological polar surface area (TPSA) is 44.4 Å². The summed E-state index contributed by atoms with van der Waals surface area (Å²) in [7, 11) is 0. The lowest BCUT2D eigenvalue weighted by Crippen LogP contribution is -2.53. The molecular formula is C16H29N3O. The molecule has 1 amide bonds. The molecule has 3 unspecified atom stereocenters. The number of hydrogen-bond acceptors (Lipinski definition) is 3. The number of fused-ring (bicyclic) bond motifs is 1. The van der Waals surface area contributed by atoms with E-state index in [9.17, 15) is 4.79 Å². The Bertz CT molecular complexity index is 341. The zero-order valence-corrected chi connectivity index (χ0v) is 12.7. The third kappa shape index (κ3) is 3.17. The van der Waals surface area contributed by atoms with Crippen molar-refractivity contribution in [2.75, 3.05) is 13.1 Å². The highest BCUT2D eigenvalue weighted by Crippen LogP contribution is 2.27. The standard InChI is InChI=1S/C16H29N3O/c1-12(16(20)18-13-6-2-3-7-13)17-14-9-11-19-10-5-4-8-15(14)19/h12-15,17H,2-11H2,1H3,(H,18,20). The van der Waals surface area contributed by atoms with E-state index in [0.29, 0.717) is 18.1 Å². The largest absolute Gasteiger partial charge is 0.352 e. The lowest BCUT2D eigenvalue weighted by atomic mass is 9.98. The van der Waals surface area contributed by atoms with Gasteiger partial charge in [0.25, 0.3) is 0 Å². The molecule has 114 valence electrons. The maximum atomic E-state index is 12.3. The van der Waals surface area contributed by atoms with Crippen LogP contribution in [0.4, 0.5) is 0 Å². The minimum absolute atomic E-state index is 0.0533. The van der Waals surface area contributed by atoms with Gasteiger partial charge in [0.05, 0.1) is 6.04 Å². The van der Waals surface area contributed by atoms with E-state index in [1.165, 1.54) is 51.6 Å². The summed E-state index contributed by atoms with van der Waals surface area (Å²) in [4.78, 5) is 14.9. The number of rotatable bonds is 4. The fraction of sp³-hybridized carbons (Fsp3) is 0.938. The average Bonchev–Trinajstić information content (AvgIpc) is 3.09. The van der Waals surface area contributed by atoms with Crippen LogP contribution >= 0.6 is 0 Å². The number of nitrogens with zero attached hydrogens (tertiary/aromatic N) is 1. The number of nitrogens with one attached hydrogen (secondary N) is 2. The summed E-state index contributed by atoms with van der Waals surface area (Å²) in [6.07, 6.45) is 10.1. The Morgan fingerprint density at radius 2 is 1.80 bits per heavy atom. The molecule has 1 aliphatic carbocycles. The van der Waals surface area contributed by atoms with Gasteiger partial charge in [0.1, 0.15) is 0 Å². The lowest BCUT2D eigenvalue weighted by molar-refractivity contribution is -0.123. The number of carbonyl (C=O) groups is 1. The van der Waals surface area contributed by atoms with Crippen LogP contribution in [0.25, 0.3) is 0 Å². The van der Waals surface area contributed by atoms with Crippen molar-refractivity contribution in [2.24, 2.45) is 0 Å². The first-order valence-corrected chi connectivity index (χ1v) is 8.54. The van der Waals surface area contributed by atoms with Gasteiger partial charge in [-0.05, 0) is 45.6 Å². The van der Waals surface area contributed by atoms with Gasteiger partial charge in [-0.25, -0.2) is 0 Å². The molecule has 3 atom stereocenters. The van der Waals surface area contributed by atoms with Crippen molar-refractivity contribution in [1.82, 2.24) is 15.5 Å². The number of hydrogen-bond donors (Lipinski definition) is 2.